The van der Waals surface area contributed by atoms with Crippen LogP contribution in [-0.4, -0.2) is 16.1 Å². The van der Waals surface area contributed by atoms with E-state index in [4.69, 9.17) is 16.7 Å². The lowest BCUT2D eigenvalue weighted by atomic mass is 10.3. The van der Waals surface area contributed by atoms with Crippen molar-refractivity contribution in [1.29, 1.82) is 0 Å². The van der Waals surface area contributed by atoms with Crippen LogP contribution in [0.5, 0.6) is 0 Å². The quantitative estimate of drug-likeness (QED) is 0.458. The van der Waals surface area contributed by atoms with Gasteiger partial charge in [0.2, 0.25) is 0 Å². The molecule has 0 aliphatic heterocycles. The molecule has 0 radical (unpaired) electrons. The normalized spacial score (nSPS) is 10.4. The van der Waals surface area contributed by atoms with Gasteiger partial charge < -0.3 is 10.8 Å². The number of nitrogens with two attached hydrogens (primary N) is 2. The first-order chi connectivity index (χ1) is 6.65. The van der Waals surface area contributed by atoms with Gasteiger partial charge in [-0.2, -0.15) is 0 Å². The third kappa shape index (κ3) is 2.20. The van der Waals surface area contributed by atoms with Crippen LogP contribution < -0.4 is 16.6 Å². The van der Waals surface area contributed by atoms with E-state index in [1.807, 2.05) is 0 Å². The summed E-state index contributed by atoms with van der Waals surface area (Å²) < 4.78 is 0. The summed E-state index contributed by atoms with van der Waals surface area (Å²) in [6, 6.07) is 2.93. The zero-order valence-corrected chi connectivity index (χ0v) is 7.29. The average Bonchev–Trinajstić information content (AvgIpc) is 2.18. The first-order valence-electron chi connectivity index (χ1n) is 3.77. The topological polar surface area (TPSA) is 105 Å². The maximum atomic E-state index is 10.6. The Morgan fingerprint density at radius 1 is 1.64 bits per heavy atom. The monoisotopic (exact) mass is 194 g/mol. The molecule has 0 aliphatic rings. The fourth-order valence-electron chi connectivity index (χ4n) is 0.876. The van der Waals surface area contributed by atoms with E-state index >= 15 is 0 Å². The first-order valence-corrected chi connectivity index (χ1v) is 3.77. The molecule has 0 unspecified atom stereocenters. The van der Waals surface area contributed by atoms with Gasteiger partial charge in [0.05, 0.1) is 5.69 Å². The van der Waals surface area contributed by atoms with Crippen LogP contribution in [0, 0.1) is 0 Å². The highest BCUT2D eigenvalue weighted by atomic mass is 16.4. The van der Waals surface area contributed by atoms with Crippen LogP contribution in [-0.2, 0) is 0 Å². The molecule has 6 nitrogen and oxygen atoms in total. The minimum Gasteiger partial charge on any atom is -0.477 e. The minimum atomic E-state index is -1.10. The zero-order chi connectivity index (χ0) is 10.6. The molecule has 74 valence electrons. The molecule has 14 heavy (non-hydrogen) atoms. The summed E-state index contributed by atoms with van der Waals surface area (Å²) in [4.78, 5) is 14.2. The average molecular weight is 194 g/mol. The Kier molecular flexibility index (Phi) is 3.03. The Balaban J connectivity index is 2.99. The van der Waals surface area contributed by atoms with E-state index < -0.39 is 5.97 Å². The highest BCUT2D eigenvalue weighted by Crippen LogP contribution is 2.11. The van der Waals surface area contributed by atoms with Crippen LogP contribution in [0.15, 0.2) is 30.7 Å². The number of carboxylic acid groups (broad SMARTS) is 1. The Bertz CT molecular complexity index is 364. The fourth-order valence-corrected chi connectivity index (χ4v) is 0.876. The molecular formula is C8H10N4O2. The molecule has 0 bridgehead atoms. The van der Waals surface area contributed by atoms with Gasteiger partial charge in [0.15, 0.2) is 0 Å². The zero-order valence-electron chi connectivity index (χ0n) is 7.29. The van der Waals surface area contributed by atoms with E-state index in [9.17, 15) is 4.79 Å². The van der Waals surface area contributed by atoms with Gasteiger partial charge in [0.25, 0.3) is 0 Å². The van der Waals surface area contributed by atoms with Crippen molar-refractivity contribution < 1.29 is 9.90 Å². The van der Waals surface area contributed by atoms with Gasteiger partial charge in [0.1, 0.15) is 5.69 Å². The molecule has 0 saturated heterocycles. The largest absolute Gasteiger partial charge is 0.477 e. The van der Waals surface area contributed by atoms with Crippen molar-refractivity contribution >= 4 is 11.7 Å². The summed E-state index contributed by atoms with van der Waals surface area (Å²) >= 11 is 0. The maximum Gasteiger partial charge on any atom is 0.354 e. The molecule has 1 aromatic rings. The second-order valence-electron chi connectivity index (χ2n) is 2.45. The second-order valence-corrected chi connectivity index (χ2v) is 2.45. The Hall–Kier alpha value is -2.08. The Morgan fingerprint density at radius 3 is 2.93 bits per heavy atom. The van der Waals surface area contributed by atoms with E-state index in [0.717, 1.165) is 0 Å². The van der Waals surface area contributed by atoms with Crippen molar-refractivity contribution in [2.24, 2.45) is 11.6 Å². The summed E-state index contributed by atoms with van der Waals surface area (Å²) in [6.07, 6.45) is 4.02. The number of nitrogens with zero attached hydrogens (tertiary/aromatic N) is 2. The molecule has 6 heteroatoms. The van der Waals surface area contributed by atoms with Gasteiger partial charge in [-0.1, -0.05) is 0 Å². The SMILES string of the molecule is N/C=C\N(N)c1ccnc(C(=O)O)c1. The highest BCUT2D eigenvalue weighted by molar-refractivity contribution is 5.86. The minimum absolute atomic E-state index is 0.0663. The lowest BCUT2D eigenvalue weighted by Crippen LogP contribution is -2.24. The number of aromatic nitrogens is 1. The fraction of sp³-hybridized carbons (Fsp3) is 0. The Morgan fingerprint density at radius 2 is 2.36 bits per heavy atom. The summed E-state index contributed by atoms with van der Waals surface area (Å²) in [5.41, 5.74) is 5.56. The van der Waals surface area contributed by atoms with Crippen molar-refractivity contribution in [1.82, 2.24) is 4.98 Å². The van der Waals surface area contributed by atoms with Crippen LogP contribution >= 0.6 is 0 Å². The summed E-state index contributed by atoms with van der Waals surface area (Å²) in [6.45, 7) is 0. The molecule has 0 aliphatic carbocycles. The van der Waals surface area contributed by atoms with Gasteiger partial charge in [-0.15, -0.1) is 0 Å². The predicted octanol–water partition coefficient (Wildman–Crippen LogP) is -0.110. The molecule has 5 N–H and O–H groups in total. The first kappa shape index (κ1) is 10.0. The van der Waals surface area contributed by atoms with E-state index in [-0.39, 0.29) is 5.69 Å². The van der Waals surface area contributed by atoms with E-state index in [1.165, 1.54) is 29.7 Å². The number of rotatable bonds is 3. The number of carbonyl (C=O) groups is 1. The van der Waals surface area contributed by atoms with Crippen LogP contribution in [0.25, 0.3) is 0 Å². The molecule has 0 amide bonds. The number of hydrazine groups is 1. The molecule has 0 saturated carbocycles. The molecular weight excluding hydrogens is 184 g/mol. The lowest BCUT2D eigenvalue weighted by Gasteiger charge is -2.12. The van der Waals surface area contributed by atoms with Gasteiger partial charge in [-0.25, -0.2) is 15.6 Å². The van der Waals surface area contributed by atoms with Crippen LogP contribution in [0.4, 0.5) is 5.69 Å². The summed E-state index contributed by atoms with van der Waals surface area (Å²) in [5.74, 6) is 4.42. The molecule has 1 aromatic heterocycles. The number of aromatic carboxylic acids is 1. The summed E-state index contributed by atoms with van der Waals surface area (Å²) in [5, 5.41) is 9.86. The Labute approximate surface area is 80.4 Å². The molecule has 0 fully saturated rings. The third-order valence-electron chi connectivity index (χ3n) is 1.51. The van der Waals surface area contributed by atoms with E-state index in [2.05, 4.69) is 4.98 Å². The van der Waals surface area contributed by atoms with Crippen molar-refractivity contribution in [3.8, 4) is 0 Å². The second kappa shape index (κ2) is 4.24. The number of hydrogen-bond acceptors (Lipinski definition) is 5. The maximum absolute atomic E-state index is 10.6. The van der Waals surface area contributed by atoms with Crippen molar-refractivity contribution in [3.05, 3.63) is 36.4 Å². The lowest BCUT2D eigenvalue weighted by molar-refractivity contribution is 0.0690. The predicted molar refractivity (Wildman–Crippen MR) is 51.2 cm³/mol. The van der Waals surface area contributed by atoms with Gasteiger partial charge >= 0.3 is 5.97 Å². The molecule has 0 atom stereocenters. The van der Waals surface area contributed by atoms with Crippen LogP contribution in [0.3, 0.4) is 0 Å². The van der Waals surface area contributed by atoms with Crippen LogP contribution in [0.2, 0.25) is 0 Å². The number of anilines is 1. The summed E-state index contributed by atoms with van der Waals surface area (Å²) in [7, 11) is 0. The molecule has 0 spiro atoms. The standard InChI is InChI=1S/C8H10N4O2/c9-2-4-12(10)6-1-3-11-7(5-6)8(13)14/h1-5H,9-10H2,(H,13,14)/b4-2-. The van der Waals surface area contributed by atoms with Gasteiger partial charge in [0, 0.05) is 18.6 Å². The van der Waals surface area contributed by atoms with E-state index in [1.54, 1.807) is 6.07 Å². The van der Waals surface area contributed by atoms with Crippen LogP contribution in [0.1, 0.15) is 10.5 Å². The third-order valence-corrected chi connectivity index (χ3v) is 1.51. The molecule has 0 aromatic carbocycles. The smallest absolute Gasteiger partial charge is 0.354 e. The van der Waals surface area contributed by atoms with Gasteiger partial charge in [-0.3, -0.25) is 5.01 Å². The van der Waals surface area contributed by atoms with E-state index in [0.29, 0.717) is 5.69 Å². The number of hydrogen-bond donors (Lipinski definition) is 3. The van der Waals surface area contributed by atoms with Crippen molar-refractivity contribution in [2.45, 2.75) is 0 Å². The number of pyridine rings is 1. The number of carboxylic acids is 1. The van der Waals surface area contributed by atoms with Crippen molar-refractivity contribution in [3.63, 3.8) is 0 Å². The molecule has 1 heterocycles. The molecule has 1 rings (SSSR count). The highest BCUT2D eigenvalue weighted by Gasteiger charge is 2.06. The van der Waals surface area contributed by atoms with Crippen molar-refractivity contribution in [2.75, 3.05) is 5.01 Å². The van der Waals surface area contributed by atoms with Gasteiger partial charge in [-0.05, 0) is 12.1 Å².